The van der Waals surface area contributed by atoms with E-state index in [0.29, 0.717) is 0 Å². The third kappa shape index (κ3) is 5.53. The van der Waals surface area contributed by atoms with Crippen LogP contribution in [0.2, 0.25) is 0 Å². The molecule has 0 amide bonds. The smallest absolute Gasteiger partial charge is 0.00965 e. The molecule has 1 fully saturated rings. The van der Waals surface area contributed by atoms with Crippen LogP contribution in [0.5, 0.6) is 0 Å². The molecular weight excluding hydrogens is 184 g/mol. The van der Waals surface area contributed by atoms with Crippen LogP contribution in [0.1, 0.15) is 47.0 Å². The van der Waals surface area contributed by atoms with Gasteiger partial charge in [-0.15, -0.1) is 0 Å². The molecule has 1 aliphatic heterocycles. The van der Waals surface area contributed by atoms with Gasteiger partial charge in [-0.3, -0.25) is 0 Å². The Kier molecular flexibility index (Phi) is 5.07. The number of piperidine rings is 1. The van der Waals surface area contributed by atoms with Crippen molar-refractivity contribution in [2.24, 2.45) is 11.8 Å². The minimum absolute atomic E-state index is 0.268. The van der Waals surface area contributed by atoms with Crippen molar-refractivity contribution in [3.05, 3.63) is 0 Å². The molecule has 0 aromatic rings. The van der Waals surface area contributed by atoms with Crippen molar-refractivity contribution in [2.75, 3.05) is 19.6 Å². The maximum absolute atomic E-state index is 3.57. The molecule has 1 aliphatic rings. The van der Waals surface area contributed by atoms with Gasteiger partial charge in [0.2, 0.25) is 0 Å². The minimum atomic E-state index is 0.268. The van der Waals surface area contributed by atoms with E-state index < -0.39 is 0 Å². The summed E-state index contributed by atoms with van der Waals surface area (Å²) in [6, 6.07) is 0. The Morgan fingerprint density at radius 3 is 2.67 bits per heavy atom. The lowest BCUT2D eigenvalue weighted by Gasteiger charge is -2.29. The van der Waals surface area contributed by atoms with Crippen LogP contribution in [0.25, 0.3) is 0 Å². The molecule has 0 saturated carbocycles. The van der Waals surface area contributed by atoms with Gasteiger partial charge in [0.25, 0.3) is 0 Å². The van der Waals surface area contributed by atoms with Crippen molar-refractivity contribution < 1.29 is 0 Å². The van der Waals surface area contributed by atoms with E-state index in [9.17, 15) is 0 Å². The molecule has 0 aromatic carbocycles. The zero-order valence-corrected chi connectivity index (χ0v) is 10.9. The minimum Gasteiger partial charge on any atom is -0.316 e. The molecule has 0 spiro atoms. The van der Waals surface area contributed by atoms with E-state index in [1.807, 2.05) is 0 Å². The lowest BCUT2D eigenvalue weighted by atomic mass is 9.85. The molecule has 15 heavy (non-hydrogen) atoms. The standard InChI is InChI=1S/C13H28N2/c1-11(7-9-15-13(2,3)4)12-6-5-8-14-10-12/h11-12,14-15H,5-10H2,1-4H3. The van der Waals surface area contributed by atoms with E-state index in [4.69, 9.17) is 0 Å². The number of nitrogens with one attached hydrogen (secondary N) is 2. The van der Waals surface area contributed by atoms with E-state index in [1.54, 1.807) is 0 Å². The second-order valence-corrected chi connectivity index (χ2v) is 6.05. The first-order chi connectivity index (χ1) is 6.99. The normalized spacial score (nSPS) is 25.2. The molecule has 2 atom stereocenters. The lowest BCUT2D eigenvalue weighted by molar-refractivity contribution is 0.259. The van der Waals surface area contributed by atoms with Crippen molar-refractivity contribution in [2.45, 2.75) is 52.5 Å². The summed E-state index contributed by atoms with van der Waals surface area (Å²) in [7, 11) is 0. The highest BCUT2D eigenvalue weighted by atomic mass is 14.9. The Hall–Kier alpha value is -0.0800. The number of hydrogen-bond acceptors (Lipinski definition) is 2. The molecule has 0 aliphatic carbocycles. The van der Waals surface area contributed by atoms with Gasteiger partial charge in [0.1, 0.15) is 0 Å². The lowest BCUT2D eigenvalue weighted by Crippen LogP contribution is -2.38. The highest BCUT2D eigenvalue weighted by Crippen LogP contribution is 2.22. The molecule has 0 bridgehead atoms. The van der Waals surface area contributed by atoms with Gasteiger partial charge in [0, 0.05) is 5.54 Å². The highest BCUT2D eigenvalue weighted by molar-refractivity contribution is 4.76. The first-order valence-corrected chi connectivity index (χ1v) is 6.45. The molecule has 1 heterocycles. The van der Waals surface area contributed by atoms with Gasteiger partial charge in [-0.05, 0) is 71.5 Å². The molecule has 2 unspecified atom stereocenters. The third-order valence-electron chi connectivity index (χ3n) is 3.39. The van der Waals surface area contributed by atoms with E-state index >= 15 is 0 Å². The van der Waals surface area contributed by atoms with Crippen LogP contribution in [-0.4, -0.2) is 25.2 Å². The molecule has 2 N–H and O–H groups in total. The summed E-state index contributed by atoms with van der Waals surface area (Å²) in [4.78, 5) is 0. The van der Waals surface area contributed by atoms with Crippen LogP contribution in [0.15, 0.2) is 0 Å². The quantitative estimate of drug-likeness (QED) is 0.748. The van der Waals surface area contributed by atoms with Crippen molar-refractivity contribution in [3.8, 4) is 0 Å². The summed E-state index contributed by atoms with van der Waals surface area (Å²) in [5.74, 6) is 1.76. The second kappa shape index (κ2) is 5.86. The van der Waals surface area contributed by atoms with Crippen LogP contribution in [0.4, 0.5) is 0 Å². The van der Waals surface area contributed by atoms with Crippen molar-refractivity contribution >= 4 is 0 Å². The van der Waals surface area contributed by atoms with Crippen LogP contribution in [0, 0.1) is 11.8 Å². The van der Waals surface area contributed by atoms with Crippen LogP contribution in [-0.2, 0) is 0 Å². The van der Waals surface area contributed by atoms with Crippen molar-refractivity contribution in [1.82, 2.24) is 10.6 Å². The van der Waals surface area contributed by atoms with Gasteiger partial charge >= 0.3 is 0 Å². The largest absolute Gasteiger partial charge is 0.316 e. The fourth-order valence-corrected chi connectivity index (χ4v) is 2.28. The van der Waals surface area contributed by atoms with Gasteiger partial charge in [-0.2, -0.15) is 0 Å². The van der Waals surface area contributed by atoms with Crippen LogP contribution in [0.3, 0.4) is 0 Å². The molecule has 90 valence electrons. The average molecular weight is 212 g/mol. The molecule has 2 heteroatoms. The fourth-order valence-electron chi connectivity index (χ4n) is 2.28. The highest BCUT2D eigenvalue weighted by Gasteiger charge is 2.19. The van der Waals surface area contributed by atoms with E-state index in [-0.39, 0.29) is 5.54 Å². The molecule has 0 radical (unpaired) electrons. The first-order valence-electron chi connectivity index (χ1n) is 6.45. The zero-order chi connectivity index (χ0) is 11.3. The Morgan fingerprint density at radius 1 is 1.40 bits per heavy atom. The molecule has 2 nitrogen and oxygen atoms in total. The van der Waals surface area contributed by atoms with Gasteiger partial charge < -0.3 is 10.6 Å². The fraction of sp³-hybridized carbons (Fsp3) is 1.00. The van der Waals surface area contributed by atoms with E-state index in [0.717, 1.165) is 18.4 Å². The van der Waals surface area contributed by atoms with Gasteiger partial charge in [-0.1, -0.05) is 6.92 Å². The van der Waals surface area contributed by atoms with Gasteiger partial charge in [0.15, 0.2) is 0 Å². The third-order valence-corrected chi connectivity index (χ3v) is 3.39. The number of hydrogen-bond donors (Lipinski definition) is 2. The van der Waals surface area contributed by atoms with E-state index in [1.165, 1.54) is 32.4 Å². The summed E-state index contributed by atoms with van der Waals surface area (Å²) in [5.41, 5.74) is 0.268. The average Bonchev–Trinajstić information content (AvgIpc) is 2.17. The SMILES string of the molecule is CC(CCNC(C)(C)C)C1CCCNC1. The molecule has 1 saturated heterocycles. The summed E-state index contributed by atoms with van der Waals surface area (Å²) in [5, 5.41) is 7.07. The predicted octanol–water partition coefficient (Wildman–Crippen LogP) is 2.40. The Labute approximate surface area is 95.2 Å². The number of rotatable bonds is 4. The summed E-state index contributed by atoms with van der Waals surface area (Å²) >= 11 is 0. The van der Waals surface area contributed by atoms with Gasteiger partial charge in [-0.25, -0.2) is 0 Å². The predicted molar refractivity (Wildman–Crippen MR) is 67.1 cm³/mol. The molecular formula is C13H28N2. The monoisotopic (exact) mass is 212 g/mol. The van der Waals surface area contributed by atoms with Crippen molar-refractivity contribution in [1.29, 1.82) is 0 Å². The maximum Gasteiger partial charge on any atom is 0.00965 e. The molecule has 0 aromatic heterocycles. The first kappa shape index (κ1) is 13.0. The Bertz CT molecular complexity index is 166. The second-order valence-electron chi connectivity index (χ2n) is 6.05. The molecule has 1 rings (SSSR count). The summed E-state index contributed by atoms with van der Waals surface area (Å²) in [6.07, 6.45) is 4.09. The van der Waals surface area contributed by atoms with Crippen LogP contribution < -0.4 is 10.6 Å². The topological polar surface area (TPSA) is 24.1 Å². The Morgan fingerprint density at radius 2 is 2.13 bits per heavy atom. The summed E-state index contributed by atoms with van der Waals surface area (Å²) in [6.45, 7) is 12.7. The van der Waals surface area contributed by atoms with Gasteiger partial charge in [0.05, 0.1) is 0 Å². The van der Waals surface area contributed by atoms with Crippen LogP contribution >= 0.6 is 0 Å². The maximum atomic E-state index is 3.57. The van der Waals surface area contributed by atoms with E-state index in [2.05, 4.69) is 38.3 Å². The Balaban J connectivity index is 2.14. The zero-order valence-electron chi connectivity index (χ0n) is 10.9. The summed E-state index contributed by atoms with van der Waals surface area (Å²) < 4.78 is 0. The van der Waals surface area contributed by atoms with Crippen molar-refractivity contribution in [3.63, 3.8) is 0 Å².